The van der Waals surface area contributed by atoms with E-state index in [1.807, 2.05) is 0 Å². The molecule has 1 aromatic carbocycles. The van der Waals surface area contributed by atoms with Crippen LogP contribution in [0.3, 0.4) is 0 Å². The van der Waals surface area contributed by atoms with E-state index in [0.29, 0.717) is 5.56 Å². The summed E-state index contributed by atoms with van der Waals surface area (Å²) >= 11 is 7.15. The third kappa shape index (κ3) is 2.31. The minimum absolute atomic E-state index is 0.0251. The summed E-state index contributed by atoms with van der Waals surface area (Å²) in [7, 11) is -3.93. The van der Waals surface area contributed by atoms with Crippen LogP contribution in [0.2, 0.25) is 5.15 Å². The van der Waals surface area contributed by atoms with Crippen LogP contribution in [0.25, 0.3) is 11.3 Å². The van der Waals surface area contributed by atoms with Crippen molar-refractivity contribution in [3.8, 4) is 17.3 Å². The molecule has 0 aliphatic carbocycles. The van der Waals surface area contributed by atoms with Gasteiger partial charge < -0.3 is 0 Å². The molecule has 2 aromatic heterocycles. The van der Waals surface area contributed by atoms with Crippen LogP contribution in [-0.2, 0) is 10.0 Å². The molecule has 0 unspecified atom stereocenters. The van der Waals surface area contributed by atoms with Crippen LogP contribution in [0.4, 0.5) is 0 Å². The Labute approximate surface area is 136 Å². The average Bonchev–Trinajstić information content (AvgIpc) is 3.16. The molecule has 0 fully saturated rings. The highest BCUT2D eigenvalue weighted by Gasteiger charge is 2.28. The maximum absolute atomic E-state index is 12.8. The summed E-state index contributed by atoms with van der Waals surface area (Å²) in [6.07, 6.45) is 0. The van der Waals surface area contributed by atoms with Crippen LogP contribution >= 0.6 is 22.9 Å². The van der Waals surface area contributed by atoms with Crippen LogP contribution in [0.15, 0.2) is 52.1 Å². The van der Waals surface area contributed by atoms with Gasteiger partial charge in [-0.25, -0.2) is 8.96 Å². The SMILES string of the molecule is N#Cc1nc(Cl)c(-c2ccccc2)n1S(=O)(=O)c1cccs1. The molecule has 0 aliphatic rings. The molecule has 0 N–H and O–H groups in total. The molecule has 0 atom stereocenters. The fourth-order valence-corrected chi connectivity index (χ4v) is 4.84. The lowest BCUT2D eigenvalue weighted by molar-refractivity contribution is 0.589. The summed E-state index contributed by atoms with van der Waals surface area (Å²) in [6.45, 7) is 0. The fourth-order valence-electron chi connectivity index (χ4n) is 2.02. The van der Waals surface area contributed by atoms with E-state index in [9.17, 15) is 13.7 Å². The van der Waals surface area contributed by atoms with E-state index in [-0.39, 0.29) is 20.9 Å². The molecule has 3 aromatic rings. The van der Waals surface area contributed by atoms with Crippen LogP contribution in [0.5, 0.6) is 0 Å². The molecule has 110 valence electrons. The summed E-state index contributed by atoms with van der Waals surface area (Å²) in [5.41, 5.74) is 0.758. The molecule has 2 heterocycles. The third-order valence-electron chi connectivity index (χ3n) is 2.93. The average molecular weight is 350 g/mol. The van der Waals surface area contributed by atoms with Crippen LogP contribution in [0.1, 0.15) is 5.82 Å². The molecule has 0 saturated heterocycles. The highest BCUT2D eigenvalue weighted by atomic mass is 35.5. The van der Waals surface area contributed by atoms with Crippen molar-refractivity contribution in [1.82, 2.24) is 8.96 Å². The second-order valence-corrected chi connectivity index (χ2v) is 7.57. The van der Waals surface area contributed by atoms with E-state index in [4.69, 9.17) is 11.6 Å². The summed E-state index contributed by atoms with van der Waals surface area (Å²) in [5.74, 6) is -0.266. The lowest BCUT2D eigenvalue weighted by atomic mass is 10.2. The van der Waals surface area contributed by atoms with Crippen molar-refractivity contribution in [3.63, 3.8) is 0 Å². The molecule has 0 aliphatic heterocycles. The number of aromatic nitrogens is 2. The van der Waals surface area contributed by atoms with Gasteiger partial charge >= 0.3 is 0 Å². The summed E-state index contributed by atoms with van der Waals surface area (Å²) < 4.78 is 26.6. The second kappa shape index (κ2) is 5.57. The van der Waals surface area contributed by atoms with E-state index in [1.165, 1.54) is 6.07 Å². The van der Waals surface area contributed by atoms with Gasteiger partial charge in [-0.1, -0.05) is 48.0 Å². The Balaban J connectivity index is 2.35. The van der Waals surface area contributed by atoms with Crippen LogP contribution < -0.4 is 0 Å². The van der Waals surface area contributed by atoms with Crippen molar-refractivity contribution >= 4 is 33.0 Å². The summed E-state index contributed by atoms with van der Waals surface area (Å²) in [5, 5.41) is 10.8. The molecular weight excluding hydrogens is 342 g/mol. The van der Waals surface area contributed by atoms with E-state index < -0.39 is 10.0 Å². The maximum atomic E-state index is 12.8. The first kappa shape index (κ1) is 14.8. The molecular formula is C14H8ClN3O2S2. The van der Waals surface area contributed by atoms with Gasteiger partial charge in [0.2, 0.25) is 5.82 Å². The van der Waals surface area contributed by atoms with Crippen molar-refractivity contribution in [1.29, 1.82) is 5.26 Å². The number of benzene rings is 1. The largest absolute Gasteiger partial charge is 0.280 e. The Hall–Kier alpha value is -2.14. The van der Waals surface area contributed by atoms with Crippen molar-refractivity contribution in [3.05, 3.63) is 58.8 Å². The summed E-state index contributed by atoms with van der Waals surface area (Å²) in [4.78, 5) is 3.87. The van der Waals surface area contributed by atoms with E-state index >= 15 is 0 Å². The molecule has 0 bridgehead atoms. The van der Waals surface area contributed by atoms with Crippen molar-refractivity contribution in [2.45, 2.75) is 4.21 Å². The van der Waals surface area contributed by atoms with Crippen molar-refractivity contribution in [2.24, 2.45) is 0 Å². The van der Waals surface area contributed by atoms with Gasteiger partial charge in [0, 0.05) is 5.56 Å². The Kier molecular flexibility index (Phi) is 3.74. The Morgan fingerprint density at radius 2 is 1.91 bits per heavy atom. The number of thiophene rings is 1. The van der Waals surface area contributed by atoms with E-state index in [0.717, 1.165) is 15.3 Å². The predicted octanol–water partition coefficient (Wildman–Crippen LogP) is 3.37. The molecule has 0 saturated carbocycles. The number of rotatable bonds is 3. The minimum Gasteiger partial charge on any atom is -0.205 e. The molecule has 0 amide bonds. The Morgan fingerprint density at radius 1 is 1.18 bits per heavy atom. The van der Waals surface area contributed by atoms with E-state index in [1.54, 1.807) is 47.8 Å². The lowest BCUT2D eigenvalue weighted by Gasteiger charge is -2.09. The number of nitrogens with zero attached hydrogens (tertiary/aromatic N) is 3. The van der Waals surface area contributed by atoms with Crippen LogP contribution in [0, 0.1) is 11.3 Å². The number of hydrogen-bond acceptors (Lipinski definition) is 5. The molecule has 8 heteroatoms. The van der Waals surface area contributed by atoms with Gasteiger partial charge in [-0.3, -0.25) is 0 Å². The first-order chi connectivity index (χ1) is 10.6. The zero-order chi connectivity index (χ0) is 15.7. The second-order valence-electron chi connectivity index (χ2n) is 4.25. The predicted molar refractivity (Wildman–Crippen MR) is 84.3 cm³/mol. The normalized spacial score (nSPS) is 11.3. The van der Waals surface area contributed by atoms with Gasteiger partial charge in [-0.05, 0) is 11.4 Å². The number of imidazole rings is 1. The zero-order valence-corrected chi connectivity index (χ0v) is 13.4. The molecule has 5 nitrogen and oxygen atoms in total. The van der Waals surface area contributed by atoms with Gasteiger partial charge in [0.15, 0.2) is 5.15 Å². The first-order valence-electron chi connectivity index (χ1n) is 6.08. The topological polar surface area (TPSA) is 75.8 Å². The maximum Gasteiger partial charge on any atom is 0.280 e. The van der Waals surface area contributed by atoms with Gasteiger partial charge in [-0.2, -0.15) is 13.7 Å². The number of nitriles is 1. The monoisotopic (exact) mass is 349 g/mol. The smallest absolute Gasteiger partial charge is 0.205 e. The highest BCUT2D eigenvalue weighted by Crippen LogP contribution is 2.33. The first-order valence-corrected chi connectivity index (χ1v) is 8.78. The highest BCUT2D eigenvalue weighted by molar-refractivity contribution is 7.92. The minimum atomic E-state index is -3.93. The number of hydrogen-bond donors (Lipinski definition) is 0. The van der Waals surface area contributed by atoms with Gasteiger partial charge in [0.05, 0.1) is 0 Å². The molecule has 0 radical (unpaired) electrons. The van der Waals surface area contributed by atoms with Gasteiger partial charge in [-0.15, -0.1) is 11.3 Å². The quantitative estimate of drug-likeness (QED) is 0.726. The van der Waals surface area contributed by atoms with Crippen LogP contribution in [-0.4, -0.2) is 17.4 Å². The standard InChI is InChI=1S/C14H8ClN3O2S2/c15-14-13(10-5-2-1-3-6-10)18(11(9-16)17-14)22(19,20)12-7-4-8-21-12/h1-8H. The Bertz CT molecular complexity index is 956. The molecule has 0 spiro atoms. The molecule has 22 heavy (non-hydrogen) atoms. The van der Waals surface area contributed by atoms with E-state index in [2.05, 4.69) is 4.98 Å². The van der Waals surface area contributed by atoms with Gasteiger partial charge in [0.25, 0.3) is 10.0 Å². The molecule has 3 rings (SSSR count). The lowest BCUT2D eigenvalue weighted by Crippen LogP contribution is -2.15. The van der Waals surface area contributed by atoms with Crippen molar-refractivity contribution in [2.75, 3.05) is 0 Å². The van der Waals surface area contributed by atoms with Crippen molar-refractivity contribution < 1.29 is 8.42 Å². The van der Waals surface area contributed by atoms with Gasteiger partial charge in [0.1, 0.15) is 16.0 Å². The summed E-state index contributed by atoms with van der Waals surface area (Å²) in [6, 6.07) is 13.6. The zero-order valence-electron chi connectivity index (χ0n) is 11.0. The fraction of sp³-hybridized carbons (Fsp3) is 0. The number of halogens is 1. The Morgan fingerprint density at radius 3 is 2.50 bits per heavy atom. The third-order valence-corrected chi connectivity index (χ3v) is 6.26.